The van der Waals surface area contributed by atoms with Crippen LogP contribution >= 0.6 is 0 Å². The largest absolute Gasteiger partial charge is 0.487 e. The summed E-state index contributed by atoms with van der Waals surface area (Å²) < 4.78 is 6.28. The van der Waals surface area contributed by atoms with Gasteiger partial charge in [-0.05, 0) is 31.2 Å². The Bertz CT molecular complexity index is 399. The van der Waals surface area contributed by atoms with Gasteiger partial charge < -0.3 is 10.5 Å². The zero-order valence-corrected chi connectivity index (χ0v) is 9.78. The summed E-state index contributed by atoms with van der Waals surface area (Å²) in [4.78, 5) is 0. The summed E-state index contributed by atoms with van der Waals surface area (Å²) >= 11 is 0. The van der Waals surface area contributed by atoms with Gasteiger partial charge in [-0.1, -0.05) is 25.1 Å². The molecule has 16 heavy (non-hydrogen) atoms. The number of hydrogen-bond acceptors (Lipinski definition) is 2. The quantitative estimate of drug-likeness (QED) is 0.826. The summed E-state index contributed by atoms with van der Waals surface area (Å²) in [6.45, 7) is 2.22. The van der Waals surface area contributed by atoms with Crippen molar-refractivity contribution in [2.75, 3.05) is 0 Å². The van der Waals surface area contributed by atoms with Crippen LogP contribution in [0.5, 0.6) is 5.75 Å². The summed E-state index contributed by atoms with van der Waals surface area (Å²) in [6, 6.07) is 8.36. The summed E-state index contributed by atoms with van der Waals surface area (Å²) in [5, 5.41) is 0. The van der Waals surface area contributed by atoms with Crippen LogP contribution in [0.2, 0.25) is 0 Å². The third kappa shape index (κ3) is 1.44. The van der Waals surface area contributed by atoms with Crippen LogP contribution in [0.15, 0.2) is 24.3 Å². The first-order valence-electron chi connectivity index (χ1n) is 6.29. The lowest BCUT2D eigenvalue weighted by Gasteiger charge is -2.41. The molecule has 1 fully saturated rings. The standard InChI is InChI=1S/C14H19NO/c1-2-14(10-7-8-10)9-12(15)11-5-3-4-6-13(11)16-14/h3-6,10,12H,2,7-9,15H2,1H3/t12-,14?/m1/s1. The SMILES string of the molecule is CCC1(C2CC2)C[C@@H](N)c2ccccc2O1. The van der Waals surface area contributed by atoms with E-state index in [4.69, 9.17) is 10.5 Å². The van der Waals surface area contributed by atoms with E-state index >= 15 is 0 Å². The molecule has 0 saturated heterocycles. The van der Waals surface area contributed by atoms with Crippen LogP contribution in [0.25, 0.3) is 0 Å². The van der Waals surface area contributed by atoms with Crippen LogP contribution < -0.4 is 10.5 Å². The summed E-state index contributed by atoms with van der Waals surface area (Å²) in [5.74, 6) is 1.74. The second-order valence-corrected chi connectivity index (χ2v) is 5.14. The van der Waals surface area contributed by atoms with Gasteiger partial charge in [0.1, 0.15) is 11.4 Å². The molecule has 1 unspecified atom stereocenters. The van der Waals surface area contributed by atoms with Gasteiger partial charge in [-0.15, -0.1) is 0 Å². The molecule has 1 aromatic carbocycles. The third-order valence-electron chi connectivity index (χ3n) is 4.12. The molecule has 2 atom stereocenters. The van der Waals surface area contributed by atoms with E-state index in [0.29, 0.717) is 0 Å². The first-order valence-corrected chi connectivity index (χ1v) is 6.29. The minimum Gasteiger partial charge on any atom is -0.487 e. The van der Waals surface area contributed by atoms with E-state index in [1.54, 1.807) is 0 Å². The second-order valence-electron chi connectivity index (χ2n) is 5.14. The Labute approximate surface area is 96.8 Å². The molecular formula is C14H19NO. The Morgan fingerprint density at radius 2 is 2.12 bits per heavy atom. The predicted molar refractivity (Wildman–Crippen MR) is 64.4 cm³/mol. The summed E-state index contributed by atoms with van der Waals surface area (Å²) in [6.07, 6.45) is 4.66. The minimum absolute atomic E-state index is 0.0216. The second kappa shape index (κ2) is 3.49. The van der Waals surface area contributed by atoms with Gasteiger partial charge in [0.25, 0.3) is 0 Å². The molecule has 0 bridgehead atoms. The first-order chi connectivity index (χ1) is 7.75. The number of rotatable bonds is 2. The van der Waals surface area contributed by atoms with Gasteiger partial charge >= 0.3 is 0 Å². The number of para-hydroxylation sites is 1. The highest BCUT2D eigenvalue weighted by atomic mass is 16.5. The Balaban J connectivity index is 1.98. The zero-order valence-electron chi connectivity index (χ0n) is 9.78. The Morgan fingerprint density at radius 1 is 1.38 bits per heavy atom. The maximum atomic E-state index is 6.28. The molecule has 3 rings (SSSR count). The molecule has 86 valence electrons. The van der Waals surface area contributed by atoms with Crippen molar-refractivity contribution in [2.24, 2.45) is 11.7 Å². The van der Waals surface area contributed by atoms with E-state index in [0.717, 1.165) is 24.5 Å². The lowest BCUT2D eigenvalue weighted by molar-refractivity contribution is 0.0107. The van der Waals surface area contributed by atoms with Gasteiger partial charge in [-0.25, -0.2) is 0 Å². The highest BCUT2D eigenvalue weighted by Crippen LogP contribution is 2.51. The molecule has 2 heteroatoms. The highest BCUT2D eigenvalue weighted by molar-refractivity contribution is 5.39. The van der Waals surface area contributed by atoms with Crippen LogP contribution in [0.4, 0.5) is 0 Å². The summed E-state index contributed by atoms with van der Waals surface area (Å²) in [5.41, 5.74) is 7.48. The normalized spacial score (nSPS) is 33.0. The van der Waals surface area contributed by atoms with Crippen LogP contribution in [0, 0.1) is 5.92 Å². The molecule has 1 heterocycles. The van der Waals surface area contributed by atoms with Crippen molar-refractivity contribution in [3.63, 3.8) is 0 Å². The molecule has 2 aliphatic rings. The average molecular weight is 217 g/mol. The highest BCUT2D eigenvalue weighted by Gasteiger charge is 2.49. The molecule has 0 spiro atoms. The Morgan fingerprint density at radius 3 is 2.81 bits per heavy atom. The van der Waals surface area contributed by atoms with Crippen LogP contribution in [0.3, 0.4) is 0 Å². The number of nitrogens with two attached hydrogens (primary N) is 1. The molecule has 1 saturated carbocycles. The lowest BCUT2D eigenvalue weighted by Crippen LogP contribution is -2.44. The molecule has 0 aromatic heterocycles. The maximum absolute atomic E-state index is 6.28. The third-order valence-corrected chi connectivity index (χ3v) is 4.12. The average Bonchev–Trinajstić information content (AvgIpc) is 3.13. The first kappa shape index (κ1) is 10.2. The number of benzene rings is 1. The van der Waals surface area contributed by atoms with E-state index in [2.05, 4.69) is 19.1 Å². The summed E-state index contributed by atoms with van der Waals surface area (Å²) in [7, 11) is 0. The van der Waals surface area contributed by atoms with Crippen molar-refractivity contribution in [1.29, 1.82) is 0 Å². The fourth-order valence-electron chi connectivity index (χ4n) is 2.99. The molecular weight excluding hydrogens is 198 g/mol. The number of hydrogen-bond donors (Lipinski definition) is 1. The smallest absolute Gasteiger partial charge is 0.124 e. The van der Waals surface area contributed by atoms with E-state index < -0.39 is 0 Å². The van der Waals surface area contributed by atoms with E-state index in [1.807, 2.05) is 12.1 Å². The zero-order chi connectivity index (χ0) is 11.2. The van der Waals surface area contributed by atoms with Gasteiger partial charge in [-0.3, -0.25) is 0 Å². The van der Waals surface area contributed by atoms with Gasteiger partial charge in [-0.2, -0.15) is 0 Å². The van der Waals surface area contributed by atoms with E-state index in [1.165, 1.54) is 18.4 Å². The molecule has 2 N–H and O–H groups in total. The maximum Gasteiger partial charge on any atom is 0.124 e. The van der Waals surface area contributed by atoms with Crippen molar-refractivity contribution < 1.29 is 4.74 Å². The van der Waals surface area contributed by atoms with Gasteiger partial charge in [0.15, 0.2) is 0 Å². The Kier molecular flexibility index (Phi) is 2.21. The van der Waals surface area contributed by atoms with Crippen molar-refractivity contribution in [3.05, 3.63) is 29.8 Å². The van der Waals surface area contributed by atoms with Crippen molar-refractivity contribution >= 4 is 0 Å². The molecule has 1 aliphatic carbocycles. The lowest BCUT2D eigenvalue weighted by atomic mass is 9.82. The molecule has 0 amide bonds. The van der Waals surface area contributed by atoms with Crippen LogP contribution in [-0.2, 0) is 0 Å². The molecule has 0 radical (unpaired) electrons. The molecule has 1 aliphatic heterocycles. The van der Waals surface area contributed by atoms with E-state index in [9.17, 15) is 0 Å². The van der Waals surface area contributed by atoms with Crippen molar-refractivity contribution in [2.45, 2.75) is 44.2 Å². The molecule has 1 aromatic rings. The van der Waals surface area contributed by atoms with Crippen molar-refractivity contribution in [1.82, 2.24) is 0 Å². The topological polar surface area (TPSA) is 35.2 Å². The van der Waals surface area contributed by atoms with Crippen LogP contribution in [0.1, 0.15) is 44.2 Å². The fraction of sp³-hybridized carbons (Fsp3) is 0.571. The predicted octanol–water partition coefficient (Wildman–Crippen LogP) is 3.03. The van der Waals surface area contributed by atoms with Crippen molar-refractivity contribution in [3.8, 4) is 5.75 Å². The van der Waals surface area contributed by atoms with Gasteiger partial charge in [0, 0.05) is 18.0 Å². The van der Waals surface area contributed by atoms with Gasteiger partial charge in [0.05, 0.1) is 0 Å². The Hall–Kier alpha value is -1.02. The minimum atomic E-state index is 0.0216. The fourth-order valence-corrected chi connectivity index (χ4v) is 2.99. The number of fused-ring (bicyclic) bond motifs is 1. The number of ether oxygens (including phenoxy) is 1. The molecule has 2 nitrogen and oxygen atoms in total. The monoisotopic (exact) mass is 217 g/mol. The van der Waals surface area contributed by atoms with Gasteiger partial charge in [0.2, 0.25) is 0 Å². The van der Waals surface area contributed by atoms with Crippen LogP contribution in [-0.4, -0.2) is 5.60 Å². The van der Waals surface area contributed by atoms with E-state index in [-0.39, 0.29) is 11.6 Å².